The first-order chi connectivity index (χ1) is 10.1. The zero-order valence-corrected chi connectivity index (χ0v) is 13.7. The Bertz CT molecular complexity index is 612. The van der Waals surface area contributed by atoms with Crippen LogP contribution >= 0.6 is 23.2 Å². The normalized spacial score (nSPS) is 10.5. The van der Waals surface area contributed by atoms with Crippen molar-refractivity contribution in [1.82, 2.24) is 0 Å². The van der Waals surface area contributed by atoms with Crippen molar-refractivity contribution in [3.8, 4) is 11.5 Å². The van der Waals surface area contributed by atoms with Crippen LogP contribution in [-0.4, -0.2) is 6.61 Å². The lowest BCUT2D eigenvalue weighted by Gasteiger charge is -2.13. The molecule has 0 amide bonds. The monoisotopic (exact) mass is 324 g/mol. The maximum Gasteiger partial charge on any atom is 0.161 e. The van der Waals surface area contributed by atoms with Crippen molar-refractivity contribution in [1.29, 1.82) is 0 Å². The highest BCUT2D eigenvalue weighted by Crippen LogP contribution is 2.30. The third-order valence-electron chi connectivity index (χ3n) is 3.05. The van der Waals surface area contributed by atoms with Crippen LogP contribution in [-0.2, 0) is 12.5 Å². The number of hydrogen-bond donors (Lipinski definition) is 0. The van der Waals surface area contributed by atoms with E-state index in [0.29, 0.717) is 35.6 Å². The molecule has 0 unspecified atom stereocenters. The second-order valence-electron chi connectivity index (χ2n) is 4.73. The van der Waals surface area contributed by atoms with E-state index in [1.54, 1.807) is 0 Å². The molecule has 0 aliphatic heterocycles. The number of alkyl halides is 1. The number of benzene rings is 2. The van der Waals surface area contributed by atoms with E-state index in [1.165, 1.54) is 0 Å². The van der Waals surface area contributed by atoms with Crippen molar-refractivity contribution < 1.29 is 9.47 Å². The standard InChI is InChI=1S/C17H18Cl2O2/c1-3-20-17-9-13(10-18)5-7-16(17)21-11-14-6-4-12(2)8-15(14)19/h4-9H,3,10-11H2,1-2H3. The van der Waals surface area contributed by atoms with Gasteiger partial charge in [-0.25, -0.2) is 0 Å². The Labute approximate surface area is 135 Å². The molecule has 21 heavy (non-hydrogen) atoms. The highest BCUT2D eigenvalue weighted by atomic mass is 35.5. The molecule has 0 bridgehead atoms. The summed E-state index contributed by atoms with van der Waals surface area (Å²) in [5.41, 5.74) is 3.08. The Morgan fingerprint density at radius 2 is 1.81 bits per heavy atom. The lowest BCUT2D eigenvalue weighted by molar-refractivity contribution is 0.269. The van der Waals surface area contributed by atoms with Gasteiger partial charge in [-0.1, -0.05) is 29.8 Å². The lowest BCUT2D eigenvalue weighted by atomic mass is 10.1. The van der Waals surface area contributed by atoms with Crippen LogP contribution in [0.1, 0.15) is 23.6 Å². The minimum Gasteiger partial charge on any atom is -0.490 e. The molecule has 0 atom stereocenters. The van der Waals surface area contributed by atoms with Crippen LogP contribution < -0.4 is 9.47 Å². The van der Waals surface area contributed by atoms with Crippen molar-refractivity contribution >= 4 is 23.2 Å². The fraction of sp³-hybridized carbons (Fsp3) is 0.294. The van der Waals surface area contributed by atoms with Crippen molar-refractivity contribution in [3.05, 3.63) is 58.1 Å². The van der Waals surface area contributed by atoms with Gasteiger partial charge in [0.15, 0.2) is 11.5 Å². The highest BCUT2D eigenvalue weighted by Gasteiger charge is 2.08. The summed E-state index contributed by atoms with van der Waals surface area (Å²) < 4.78 is 11.4. The largest absolute Gasteiger partial charge is 0.490 e. The van der Waals surface area contributed by atoms with E-state index in [0.717, 1.165) is 16.7 Å². The maximum atomic E-state index is 6.22. The van der Waals surface area contributed by atoms with E-state index < -0.39 is 0 Å². The quantitative estimate of drug-likeness (QED) is 0.665. The summed E-state index contributed by atoms with van der Waals surface area (Å²) in [6, 6.07) is 11.6. The average Bonchev–Trinajstić information content (AvgIpc) is 2.47. The highest BCUT2D eigenvalue weighted by molar-refractivity contribution is 6.31. The molecule has 0 spiro atoms. The van der Waals surface area contributed by atoms with Crippen molar-refractivity contribution in [2.75, 3.05) is 6.61 Å². The Morgan fingerprint density at radius 3 is 2.48 bits per heavy atom. The number of hydrogen-bond acceptors (Lipinski definition) is 2. The van der Waals surface area contributed by atoms with E-state index in [-0.39, 0.29) is 0 Å². The van der Waals surface area contributed by atoms with Gasteiger partial charge in [-0.05, 0) is 43.2 Å². The first-order valence-electron chi connectivity index (χ1n) is 6.83. The van der Waals surface area contributed by atoms with Crippen LogP contribution in [0.25, 0.3) is 0 Å². The molecule has 0 fully saturated rings. The molecule has 2 aromatic rings. The summed E-state index contributed by atoms with van der Waals surface area (Å²) >= 11 is 12.1. The molecular formula is C17H18Cl2O2. The van der Waals surface area contributed by atoms with Gasteiger partial charge in [0.25, 0.3) is 0 Å². The first-order valence-corrected chi connectivity index (χ1v) is 7.74. The first kappa shape index (κ1) is 16.0. The van der Waals surface area contributed by atoms with E-state index >= 15 is 0 Å². The van der Waals surface area contributed by atoms with Gasteiger partial charge < -0.3 is 9.47 Å². The summed E-state index contributed by atoms with van der Waals surface area (Å²) in [7, 11) is 0. The minimum absolute atomic E-state index is 0.402. The molecule has 2 rings (SSSR count). The molecule has 0 aliphatic rings. The van der Waals surface area contributed by atoms with Crippen LogP contribution in [0.3, 0.4) is 0 Å². The summed E-state index contributed by atoms with van der Waals surface area (Å²) in [5, 5.41) is 0.713. The predicted octanol–water partition coefficient (Wildman–Crippen LogP) is 5.36. The Morgan fingerprint density at radius 1 is 1.00 bits per heavy atom. The fourth-order valence-electron chi connectivity index (χ4n) is 1.95. The molecule has 112 valence electrons. The summed E-state index contributed by atoms with van der Waals surface area (Å²) in [5.74, 6) is 1.85. The smallest absolute Gasteiger partial charge is 0.161 e. The second kappa shape index (κ2) is 7.58. The van der Waals surface area contributed by atoms with E-state index in [9.17, 15) is 0 Å². The molecule has 2 nitrogen and oxygen atoms in total. The van der Waals surface area contributed by atoms with Crippen molar-refractivity contribution in [2.24, 2.45) is 0 Å². The summed E-state index contributed by atoms with van der Waals surface area (Å²) in [4.78, 5) is 0. The van der Waals surface area contributed by atoms with Crippen LogP contribution in [0, 0.1) is 6.92 Å². The zero-order valence-electron chi connectivity index (χ0n) is 12.2. The summed E-state index contributed by atoms with van der Waals surface area (Å²) in [6.07, 6.45) is 0. The van der Waals surface area contributed by atoms with E-state index in [1.807, 2.05) is 50.2 Å². The van der Waals surface area contributed by atoms with Crippen LogP contribution in [0.2, 0.25) is 5.02 Å². The molecule has 0 heterocycles. The molecule has 0 aromatic heterocycles. The Balaban J connectivity index is 2.15. The predicted molar refractivity (Wildman–Crippen MR) is 87.7 cm³/mol. The van der Waals surface area contributed by atoms with Crippen molar-refractivity contribution in [2.45, 2.75) is 26.3 Å². The SMILES string of the molecule is CCOc1cc(CCl)ccc1OCc1ccc(C)cc1Cl. The second-order valence-corrected chi connectivity index (χ2v) is 5.41. The van der Waals surface area contributed by atoms with Crippen LogP contribution in [0.5, 0.6) is 11.5 Å². The van der Waals surface area contributed by atoms with E-state index in [4.69, 9.17) is 32.7 Å². The topological polar surface area (TPSA) is 18.5 Å². The third kappa shape index (κ3) is 4.29. The van der Waals surface area contributed by atoms with Gasteiger partial charge >= 0.3 is 0 Å². The number of rotatable bonds is 6. The van der Waals surface area contributed by atoms with Gasteiger partial charge in [0.2, 0.25) is 0 Å². The number of aryl methyl sites for hydroxylation is 1. The average molecular weight is 325 g/mol. The fourth-order valence-corrected chi connectivity index (χ4v) is 2.40. The zero-order chi connectivity index (χ0) is 15.2. The molecule has 0 radical (unpaired) electrons. The molecular weight excluding hydrogens is 307 g/mol. The van der Waals surface area contributed by atoms with Crippen LogP contribution in [0.4, 0.5) is 0 Å². The molecule has 0 aliphatic carbocycles. The van der Waals surface area contributed by atoms with Gasteiger partial charge in [-0.15, -0.1) is 11.6 Å². The van der Waals surface area contributed by atoms with Gasteiger partial charge in [0.05, 0.1) is 6.61 Å². The van der Waals surface area contributed by atoms with Gasteiger partial charge in [0, 0.05) is 16.5 Å². The van der Waals surface area contributed by atoms with Gasteiger partial charge in [-0.2, -0.15) is 0 Å². The number of halogens is 2. The van der Waals surface area contributed by atoms with Gasteiger partial charge in [-0.3, -0.25) is 0 Å². The lowest BCUT2D eigenvalue weighted by Crippen LogP contribution is -2.01. The van der Waals surface area contributed by atoms with E-state index in [2.05, 4.69) is 0 Å². The Hall–Kier alpha value is -1.38. The Kier molecular flexibility index (Phi) is 5.77. The van der Waals surface area contributed by atoms with Gasteiger partial charge in [0.1, 0.15) is 6.61 Å². The number of ether oxygens (including phenoxy) is 2. The van der Waals surface area contributed by atoms with Crippen molar-refractivity contribution in [3.63, 3.8) is 0 Å². The third-order valence-corrected chi connectivity index (χ3v) is 3.71. The molecule has 0 saturated carbocycles. The molecule has 0 saturated heterocycles. The molecule has 2 aromatic carbocycles. The van der Waals surface area contributed by atoms with Crippen LogP contribution in [0.15, 0.2) is 36.4 Å². The maximum absolute atomic E-state index is 6.22. The molecule has 0 N–H and O–H groups in total. The minimum atomic E-state index is 0.402. The summed E-state index contributed by atoms with van der Waals surface area (Å²) in [6.45, 7) is 4.93. The molecule has 4 heteroatoms.